The normalized spacial score (nSPS) is 13.4. The molecule has 0 unspecified atom stereocenters. The third kappa shape index (κ3) is 5.92. The molecule has 5 nitrogen and oxygen atoms in total. The molecule has 24 heavy (non-hydrogen) atoms. The van der Waals surface area contributed by atoms with Crippen LogP contribution in [0.2, 0.25) is 5.02 Å². The number of carbonyl (C=O) groups is 1. The third-order valence-electron chi connectivity index (χ3n) is 3.02. The molecule has 0 saturated carbocycles. The Morgan fingerprint density at radius 1 is 1.38 bits per heavy atom. The molecule has 0 aliphatic rings. The third-order valence-corrected chi connectivity index (χ3v) is 3.35. The Bertz CT molecular complexity index is 606. The van der Waals surface area contributed by atoms with Gasteiger partial charge in [0.2, 0.25) is 5.84 Å². The summed E-state index contributed by atoms with van der Waals surface area (Å²) in [5.74, 6) is -0.854. The molecule has 1 rings (SSSR count). The number of amidine groups is 1. The fraction of sp³-hybridized carbons (Fsp3) is 0.467. The number of hydrogen-bond donors (Lipinski definition) is 2. The van der Waals surface area contributed by atoms with Gasteiger partial charge in [-0.2, -0.15) is 13.2 Å². The summed E-state index contributed by atoms with van der Waals surface area (Å²) in [7, 11) is 0. The van der Waals surface area contributed by atoms with E-state index in [1.54, 1.807) is 13.8 Å². The van der Waals surface area contributed by atoms with Gasteiger partial charge in [-0.25, -0.2) is 4.79 Å². The van der Waals surface area contributed by atoms with Crippen LogP contribution < -0.4 is 10.9 Å². The zero-order chi connectivity index (χ0) is 18.3. The van der Waals surface area contributed by atoms with Gasteiger partial charge in [0.05, 0.1) is 22.9 Å². The maximum Gasteiger partial charge on any atom is 0.416 e. The molecule has 0 heterocycles. The molecular formula is C15H19ClF3N3O2. The smallest absolute Gasteiger partial charge is 0.416 e. The van der Waals surface area contributed by atoms with Crippen LogP contribution in [-0.2, 0) is 15.7 Å². The standard InChI is InChI=1S/C15H19ClF3N3O2/c1-4-9(3)20-13(14(23)24-5-2)22-21-12-8-10(15(17,18)19)6-7-11(12)16/h6-9,21H,4-5H2,1-3H3,(H,20,22)/t9-/m0/s1. The number of anilines is 1. The fourth-order valence-corrected chi connectivity index (χ4v) is 1.74. The monoisotopic (exact) mass is 365 g/mol. The van der Waals surface area contributed by atoms with Gasteiger partial charge in [-0.05, 0) is 38.5 Å². The molecule has 134 valence electrons. The van der Waals surface area contributed by atoms with Crippen molar-refractivity contribution in [3.05, 3.63) is 28.8 Å². The topological polar surface area (TPSA) is 62.7 Å². The molecule has 0 saturated heterocycles. The first kappa shape index (κ1) is 20.1. The van der Waals surface area contributed by atoms with E-state index in [0.717, 1.165) is 18.2 Å². The second-order valence-corrected chi connectivity index (χ2v) is 5.31. The van der Waals surface area contributed by atoms with Gasteiger partial charge in [0.1, 0.15) is 0 Å². The van der Waals surface area contributed by atoms with E-state index in [-0.39, 0.29) is 29.2 Å². The number of nitrogens with zero attached hydrogens (tertiary/aromatic N) is 1. The Morgan fingerprint density at radius 2 is 2.04 bits per heavy atom. The van der Waals surface area contributed by atoms with Crippen LogP contribution in [-0.4, -0.2) is 24.5 Å². The predicted molar refractivity (Wildman–Crippen MR) is 87.0 cm³/mol. The van der Waals surface area contributed by atoms with Crippen molar-refractivity contribution in [2.75, 3.05) is 12.0 Å². The zero-order valence-corrected chi connectivity index (χ0v) is 14.3. The number of hydrazine groups is 1. The molecule has 1 aromatic carbocycles. The number of hydrogen-bond acceptors (Lipinski definition) is 4. The highest BCUT2D eigenvalue weighted by atomic mass is 35.5. The van der Waals surface area contributed by atoms with E-state index >= 15 is 0 Å². The van der Waals surface area contributed by atoms with Gasteiger partial charge in [-0.1, -0.05) is 18.5 Å². The Kier molecular flexibility index (Phi) is 7.34. The quantitative estimate of drug-likeness (QED) is 0.358. The predicted octanol–water partition coefficient (Wildman–Crippen LogP) is 4.04. The van der Waals surface area contributed by atoms with Crippen LogP contribution in [0.25, 0.3) is 0 Å². The molecule has 2 N–H and O–H groups in total. The second-order valence-electron chi connectivity index (χ2n) is 4.90. The van der Waals surface area contributed by atoms with E-state index in [2.05, 4.69) is 15.8 Å². The molecule has 0 aliphatic heterocycles. The van der Waals surface area contributed by atoms with Crippen LogP contribution in [0.1, 0.15) is 32.8 Å². The highest BCUT2D eigenvalue weighted by molar-refractivity contribution is 6.36. The maximum absolute atomic E-state index is 12.8. The van der Waals surface area contributed by atoms with Crippen molar-refractivity contribution in [3.63, 3.8) is 0 Å². The summed E-state index contributed by atoms with van der Waals surface area (Å²) in [6, 6.07) is 2.65. The van der Waals surface area contributed by atoms with Gasteiger partial charge in [-0.3, -0.25) is 15.8 Å². The van der Waals surface area contributed by atoms with E-state index in [9.17, 15) is 18.0 Å². The number of alkyl halides is 3. The lowest BCUT2D eigenvalue weighted by atomic mass is 10.2. The number of nitrogens with one attached hydrogen (secondary N) is 2. The molecule has 0 fully saturated rings. The minimum atomic E-state index is -4.50. The molecule has 1 atom stereocenters. The largest absolute Gasteiger partial charge is 0.460 e. The maximum atomic E-state index is 12.8. The lowest BCUT2D eigenvalue weighted by molar-refractivity contribution is -0.137. The minimum Gasteiger partial charge on any atom is -0.460 e. The molecule has 0 bridgehead atoms. The summed E-state index contributed by atoms with van der Waals surface area (Å²) in [6.07, 6.45) is -3.83. The summed E-state index contributed by atoms with van der Waals surface area (Å²) in [5, 5.41) is 0.0576. The van der Waals surface area contributed by atoms with Crippen LogP contribution in [0, 0.1) is 0 Å². The van der Waals surface area contributed by atoms with Crippen LogP contribution in [0.5, 0.6) is 0 Å². The molecular weight excluding hydrogens is 347 g/mol. The van der Waals surface area contributed by atoms with Crippen LogP contribution in [0.15, 0.2) is 23.2 Å². The van der Waals surface area contributed by atoms with E-state index in [4.69, 9.17) is 16.3 Å². The SMILES string of the molecule is CCOC(=O)C(=N[C@@H](C)CC)NNc1cc(C(F)(F)F)ccc1Cl. The Labute approximate surface area is 143 Å². The Morgan fingerprint density at radius 3 is 2.58 bits per heavy atom. The first-order valence-electron chi connectivity index (χ1n) is 7.32. The number of rotatable bonds is 5. The summed E-state index contributed by atoms with van der Waals surface area (Å²) in [5.41, 5.74) is 4.06. The summed E-state index contributed by atoms with van der Waals surface area (Å²) in [6.45, 7) is 5.45. The first-order valence-corrected chi connectivity index (χ1v) is 7.70. The van der Waals surface area contributed by atoms with E-state index in [1.165, 1.54) is 0 Å². The van der Waals surface area contributed by atoms with Crippen LogP contribution >= 0.6 is 11.6 Å². The van der Waals surface area contributed by atoms with Crippen molar-refractivity contribution in [2.24, 2.45) is 4.99 Å². The van der Waals surface area contributed by atoms with Crippen LogP contribution in [0.3, 0.4) is 0 Å². The number of esters is 1. The van der Waals surface area contributed by atoms with E-state index < -0.39 is 17.7 Å². The average Bonchev–Trinajstić information content (AvgIpc) is 2.51. The van der Waals surface area contributed by atoms with E-state index in [0.29, 0.717) is 6.42 Å². The highest BCUT2D eigenvalue weighted by Gasteiger charge is 2.31. The molecule has 0 radical (unpaired) electrons. The van der Waals surface area contributed by atoms with Gasteiger partial charge in [0, 0.05) is 6.04 Å². The molecule has 1 aromatic rings. The second kappa shape index (κ2) is 8.77. The van der Waals surface area contributed by atoms with E-state index in [1.807, 2.05) is 6.92 Å². The number of ether oxygens (including phenoxy) is 1. The van der Waals surface area contributed by atoms with Crippen molar-refractivity contribution < 1.29 is 22.7 Å². The molecule has 9 heteroatoms. The van der Waals surface area contributed by atoms with Crippen molar-refractivity contribution in [1.82, 2.24) is 5.43 Å². The number of aliphatic imine (C=N–C) groups is 1. The zero-order valence-electron chi connectivity index (χ0n) is 13.5. The van der Waals surface area contributed by atoms with Crippen molar-refractivity contribution in [3.8, 4) is 0 Å². The number of halogens is 4. The number of carbonyl (C=O) groups excluding carboxylic acids is 1. The highest BCUT2D eigenvalue weighted by Crippen LogP contribution is 2.33. The van der Waals surface area contributed by atoms with Gasteiger partial charge >= 0.3 is 12.1 Å². The van der Waals surface area contributed by atoms with Crippen molar-refractivity contribution >= 4 is 29.1 Å². The Hall–Kier alpha value is -1.96. The summed E-state index contributed by atoms with van der Waals surface area (Å²) >= 11 is 5.88. The summed E-state index contributed by atoms with van der Waals surface area (Å²) < 4.78 is 43.1. The summed E-state index contributed by atoms with van der Waals surface area (Å²) in [4.78, 5) is 16.0. The van der Waals surface area contributed by atoms with Gasteiger partial charge in [0.15, 0.2) is 0 Å². The van der Waals surface area contributed by atoms with Crippen molar-refractivity contribution in [2.45, 2.75) is 39.4 Å². The molecule has 0 spiro atoms. The molecule has 0 aliphatic carbocycles. The first-order chi connectivity index (χ1) is 11.2. The van der Waals surface area contributed by atoms with Gasteiger partial charge in [-0.15, -0.1) is 0 Å². The Balaban J connectivity index is 2.98. The van der Waals surface area contributed by atoms with Crippen molar-refractivity contribution in [1.29, 1.82) is 0 Å². The lowest BCUT2D eigenvalue weighted by Gasteiger charge is -2.15. The number of benzene rings is 1. The molecule has 0 aromatic heterocycles. The van der Waals surface area contributed by atoms with Crippen LogP contribution in [0.4, 0.5) is 18.9 Å². The average molecular weight is 366 g/mol. The fourth-order valence-electron chi connectivity index (χ4n) is 1.57. The molecule has 0 amide bonds. The minimum absolute atomic E-state index is 0.0346. The van der Waals surface area contributed by atoms with Gasteiger partial charge < -0.3 is 4.74 Å². The van der Waals surface area contributed by atoms with Gasteiger partial charge in [0.25, 0.3) is 0 Å². The lowest BCUT2D eigenvalue weighted by Crippen LogP contribution is -2.38.